The fourth-order valence-electron chi connectivity index (χ4n) is 5.05. The van der Waals surface area contributed by atoms with Gasteiger partial charge in [-0.05, 0) is 66.0 Å². The molecule has 0 saturated heterocycles. The minimum Gasteiger partial charge on any atom is -0.506 e. The van der Waals surface area contributed by atoms with E-state index >= 15 is 0 Å². The molecule has 49 heavy (non-hydrogen) atoms. The van der Waals surface area contributed by atoms with Gasteiger partial charge in [0, 0.05) is 37.5 Å². The molecular formula is C30H21N5O11S3. The van der Waals surface area contributed by atoms with Crippen LogP contribution in [0.3, 0.4) is 0 Å². The number of hydrogen-bond donors (Lipinski definition) is 6. The highest BCUT2D eigenvalue weighted by Gasteiger charge is 2.23. The number of phenolic OH excluding ortho intramolecular Hbond substituents is 2. The Hall–Kier alpha value is -5.25. The van der Waals surface area contributed by atoms with Gasteiger partial charge in [0.15, 0.2) is 5.75 Å². The van der Waals surface area contributed by atoms with Crippen molar-refractivity contribution >= 4 is 93.0 Å². The average molecular weight is 724 g/mol. The number of nitrogens with zero attached hydrogens (tertiary/aromatic N) is 4. The number of azo groups is 2. The first-order chi connectivity index (χ1) is 23.3. The third kappa shape index (κ3) is 6.72. The van der Waals surface area contributed by atoms with Gasteiger partial charge >= 0.3 is 0 Å². The molecule has 0 saturated carbocycles. The number of phenols is 2. The topological polar surface area (TPSA) is 263 Å². The van der Waals surface area contributed by atoms with Crippen molar-refractivity contribution in [3.05, 3.63) is 84.9 Å². The molecule has 0 aromatic heterocycles. The summed E-state index contributed by atoms with van der Waals surface area (Å²) in [6, 6.07) is 20.2. The number of rotatable bonds is 9. The highest BCUT2D eigenvalue weighted by molar-refractivity contribution is 7.94. The third-order valence-corrected chi connectivity index (χ3v) is 9.56. The molecule has 0 radical (unpaired) electrons. The van der Waals surface area contributed by atoms with Gasteiger partial charge in [0.05, 0.1) is 29.1 Å². The van der Waals surface area contributed by atoms with E-state index in [2.05, 4.69) is 29.8 Å². The maximum Gasteiger partial charge on any atom is 0.298 e. The Morgan fingerprint density at radius 1 is 0.612 bits per heavy atom. The Balaban J connectivity index is 1.47. The Labute approximate surface area is 280 Å². The van der Waals surface area contributed by atoms with Crippen LogP contribution in [0.5, 0.6) is 11.5 Å². The van der Waals surface area contributed by atoms with E-state index in [1.54, 1.807) is 24.3 Å². The fraction of sp³-hybridized carbons (Fsp3) is 0. The summed E-state index contributed by atoms with van der Waals surface area (Å²) in [6.45, 7) is 0. The Kier molecular flexibility index (Phi) is 8.92. The number of aromatic hydroxyl groups is 2. The minimum atomic E-state index is -4.89. The van der Waals surface area contributed by atoms with E-state index in [4.69, 9.17) is 11.0 Å². The SMILES string of the molecule is Nc1ccc2c(O)c(N=Nc3ccc(N=Nc4cccc5c(O)c(S(=O)(=O)O)ccc45)c4ccc(SOOO)cc34)c(S(=O)(=O)O)cc2c1. The number of nitrogen functional groups attached to an aromatic ring is 1. The predicted octanol–water partition coefficient (Wildman–Crippen LogP) is 7.89. The lowest BCUT2D eigenvalue weighted by Gasteiger charge is -2.10. The van der Waals surface area contributed by atoms with Crippen molar-refractivity contribution in [3.63, 3.8) is 0 Å². The standard InChI is InChI=1S/C30H21N5O11S3/c31-16-4-6-18-15(12-16)13-27(49(42,43)44)28(30(18)37)35-34-25-10-9-24(20-7-5-17(14-22(20)25)47-46-45-38)33-32-23-3-1-2-21-19(23)8-11-26(29(21)36)48(39,40)41/h1-14,36-38H,31H2,(H,39,40,41)(H,42,43,44). The molecule has 0 heterocycles. The van der Waals surface area contributed by atoms with Crippen molar-refractivity contribution in [2.45, 2.75) is 14.7 Å². The van der Waals surface area contributed by atoms with Crippen molar-refractivity contribution in [1.29, 1.82) is 0 Å². The van der Waals surface area contributed by atoms with Crippen molar-refractivity contribution in [3.8, 4) is 11.5 Å². The Morgan fingerprint density at radius 2 is 1.22 bits per heavy atom. The highest BCUT2D eigenvalue weighted by Crippen LogP contribution is 2.44. The zero-order valence-corrected chi connectivity index (χ0v) is 26.8. The average Bonchev–Trinajstić information content (AvgIpc) is 3.05. The van der Waals surface area contributed by atoms with E-state index in [0.29, 0.717) is 44.5 Å². The molecule has 0 aliphatic carbocycles. The number of anilines is 1. The monoisotopic (exact) mass is 723 g/mol. The second kappa shape index (κ2) is 13.0. The van der Waals surface area contributed by atoms with E-state index in [-0.39, 0.29) is 27.5 Å². The molecule has 19 heteroatoms. The Morgan fingerprint density at radius 3 is 1.92 bits per heavy atom. The fourth-order valence-corrected chi connectivity index (χ4v) is 6.70. The zero-order valence-electron chi connectivity index (χ0n) is 24.4. The van der Waals surface area contributed by atoms with Gasteiger partial charge < -0.3 is 15.9 Å². The van der Waals surface area contributed by atoms with E-state index < -0.39 is 47.2 Å². The lowest BCUT2D eigenvalue weighted by atomic mass is 10.1. The summed E-state index contributed by atoms with van der Waals surface area (Å²) in [4.78, 5) is -0.966. The van der Waals surface area contributed by atoms with Gasteiger partial charge in [-0.2, -0.15) is 16.8 Å². The minimum absolute atomic E-state index is 0.102. The maximum absolute atomic E-state index is 12.3. The molecule has 0 amide bonds. The molecule has 0 aliphatic heterocycles. The van der Waals surface area contributed by atoms with Gasteiger partial charge in [-0.15, -0.1) is 24.8 Å². The van der Waals surface area contributed by atoms with E-state index in [1.807, 2.05) is 0 Å². The summed E-state index contributed by atoms with van der Waals surface area (Å²) in [5, 5.41) is 52.3. The molecule has 6 aromatic rings. The van der Waals surface area contributed by atoms with E-state index in [9.17, 15) is 36.2 Å². The summed E-state index contributed by atoms with van der Waals surface area (Å²) in [7, 11) is -9.58. The number of fused-ring (bicyclic) bond motifs is 3. The van der Waals surface area contributed by atoms with Crippen LogP contribution in [-0.4, -0.2) is 41.4 Å². The summed E-state index contributed by atoms with van der Waals surface area (Å²) in [5.74, 6) is -1.23. The van der Waals surface area contributed by atoms with Gasteiger partial charge in [-0.1, -0.05) is 29.3 Å². The van der Waals surface area contributed by atoms with E-state index in [0.717, 1.165) is 12.1 Å². The van der Waals surface area contributed by atoms with Crippen molar-refractivity contribution in [2.75, 3.05) is 5.73 Å². The predicted molar refractivity (Wildman–Crippen MR) is 178 cm³/mol. The first-order valence-electron chi connectivity index (χ1n) is 13.6. The van der Waals surface area contributed by atoms with Gasteiger partial charge in [0.2, 0.25) is 0 Å². The molecule has 0 atom stereocenters. The molecule has 6 aromatic carbocycles. The first kappa shape index (κ1) is 33.6. The van der Waals surface area contributed by atoms with Crippen LogP contribution in [0.4, 0.5) is 28.4 Å². The molecule has 16 nitrogen and oxygen atoms in total. The molecule has 0 fully saturated rings. The molecule has 0 spiro atoms. The lowest BCUT2D eigenvalue weighted by molar-refractivity contribution is -0.432. The molecule has 0 unspecified atom stereocenters. The molecule has 7 N–H and O–H groups in total. The lowest BCUT2D eigenvalue weighted by Crippen LogP contribution is -1.99. The summed E-state index contributed by atoms with van der Waals surface area (Å²) < 4.78 is 71.8. The van der Waals surface area contributed by atoms with Crippen LogP contribution in [0, 0.1) is 0 Å². The summed E-state index contributed by atoms with van der Waals surface area (Å²) >= 11 is 0.645. The van der Waals surface area contributed by atoms with Crippen molar-refractivity contribution in [1.82, 2.24) is 0 Å². The number of nitrogens with two attached hydrogens (primary N) is 1. The number of benzene rings is 6. The third-order valence-electron chi connectivity index (χ3n) is 7.23. The second-order valence-electron chi connectivity index (χ2n) is 10.2. The zero-order chi connectivity index (χ0) is 35.1. The highest BCUT2D eigenvalue weighted by atomic mass is 32.2. The van der Waals surface area contributed by atoms with Gasteiger partial charge in [-0.25, -0.2) is 5.26 Å². The van der Waals surface area contributed by atoms with E-state index in [1.165, 1.54) is 48.5 Å². The number of hydrogen-bond acceptors (Lipinski definition) is 15. The van der Waals surface area contributed by atoms with Crippen molar-refractivity contribution in [2.24, 2.45) is 20.5 Å². The first-order valence-corrected chi connectivity index (χ1v) is 17.2. The molecule has 250 valence electrons. The van der Waals surface area contributed by atoms with Crippen molar-refractivity contribution < 1.29 is 50.8 Å². The Bertz CT molecular complexity index is 2600. The summed E-state index contributed by atoms with van der Waals surface area (Å²) in [5.41, 5.74) is 6.25. The smallest absolute Gasteiger partial charge is 0.298 e. The quantitative estimate of drug-likeness (QED) is 0.0207. The molecule has 0 aliphatic rings. The van der Waals surface area contributed by atoms with Crippen LogP contribution in [-0.2, 0) is 29.6 Å². The van der Waals surface area contributed by atoms with Crippen LogP contribution >= 0.6 is 12.0 Å². The summed E-state index contributed by atoms with van der Waals surface area (Å²) in [6.07, 6.45) is 0. The van der Waals surface area contributed by atoms with Crippen LogP contribution in [0.15, 0.2) is 120 Å². The maximum atomic E-state index is 12.3. The van der Waals surface area contributed by atoms with Gasteiger partial charge in [0.25, 0.3) is 20.2 Å². The van der Waals surface area contributed by atoms with Gasteiger partial charge in [0.1, 0.15) is 21.2 Å². The second-order valence-corrected chi connectivity index (χ2v) is 13.8. The van der Waals surface area contributed by atoms with Crippen LogP contribution < -0.4 is 5.73 Å². The normalized spacial score (nSPS) is 12.6. The van der Waals surface area contributed by atoms with Crippen LogP contribution in [0.2, 0.25) is 0 Å². The molecule has 6 rings (SSSR count). The molecular weight excluding hydrogens is 703 g/mol. The largest absolute Gasteiger partial charge is 0.506 e. The molecule has 0 bridgehead atoms. The van der Waals surface area contributed by atoms with Gasteiger partial charge in [-0.3, -0.25) is 9.11 Å². The van der Waals surface area contributed by atoms with Crippen LogP contribution in [0.25, 0.3) is 32.3 Å². The van der Waals surface area contributed by atoms with Crippen LogP contribution in [0.1, 0.15) is 0 Å².